The zero-order valence-corrected chi connectivity index (χ0v) is 11.2. The van der Waals surface area contributed by atoms with E-state index in [9.17, 15) is 4.57 Å². The van der Waals surface area contributed by atoms with Crippen LogP contribution in [-0.2, 0) is 15.5 Å². The summed E-state index contributed by atoms with van der Waals surface area (Å²) in [5.74, 6) is 0. The van der Waals surface area contributed by atoms with Crippen LogP contribution in [-0.4, -0.2) is 12.8 Å². The van der Waals surface area contributed by atoms with Crippen molar-refractivity contribution >= 4 is 8.03 Å². The molecule has 2 nitrogen and oxygen atoms in total. The Balaban J connectivity index is 2.23. The molecule has 0 spiro atoms. The maximum atomic E-state index is 11.5. The van der Waals surface area contributed by atoms with Crippen LogP contribution in [0.1, 0.15) is 30.9 Å². The van der Waals surface area contributed by atoms with Gasteiger partial charge in [0, 0.05) is 6.16 Å². The van der Waals surface area contributed by atoms with E-state index in [1.54, 1.807) is 0 Å². The second-order valence-corrected chi connectivity index (χ2v) is 5.59. The van der Waals surface area contributed by atoms with Crippen molar-refractivity contribution in [3.8, 4) is 0 Å². The molecule has 0 aliphatic heterocycles. The van der Waals surface area contributed by atoms with Gasteiger partial charge in [-0.05, 0) is 25.3 Å². The van der Waals surface area contributed by atoms with Crippen LogP contribution in [0.3, 0.4) is 0 Å². The predicted octanol–water partition coefficient (Wildman–Crippen LogP) is 3.83. The van der Waals surface area contributed by atoms with Crippen molar-refractivity contribution < 1.29 is 9.09 Å². The Bertz CT molecular complexity index is 319. The molecular weight excluding hydrogens is 219 g/mol. The summed E-state index contributed by atoms with van der Waals surface area (Å²) in [5.41, 5.74) is 2.50. The average Bonchev–Trinajstić information content (AvgIpc) is 2.29. The van der Waals surface area contributed by atoms with E-state index in [1.165, 1.54) is 11.1 Å². The van der Waals surface area contributed by atoms with Gasteiger partial charge in [0.15, 0.2) is 8.03 Å². The molecule has 16 heavy (non-hydrogen) atoms. The van der Waals surface area contributed by atoms with Crippen molar-refractivity contribution in [2.45, 2.75) is 33.1 Å². The number of benzene rings is 1. The molecule has 0 saturated carbocycles. The van der Waals surface area contributed by atoms with Gasteiger partial charge < -0.3 is 4.52 Å². The van der Waals surface area contributed by atoms with Gasteiger partial charge in [-0.2, -0.15) is 0 Å². The van der Waals surface area contributed by atoms with Crippen molar-refractivity contribution in [3.63, 3.8) is 0 Å². The molecule has 0 saturated heterocycles. The topological polar surface area (TPSA) is 26.3 Å². The minimum atomic E-state index is -1.82. The molecular formula is C13H21O2P. The van der Waals surface area contributed by atoms with Crippen molar-refractivity contribution in [3.05, 3.63) is 35.4 Å². The Morgan fingerprint density at radius 1 is 1.25 bits per heavy atom. The van der Waals surface area contributed by atoms with E-state index in [2.05, 4.69) is 38.1 Å². The molecule has 0 radical (unpaired) electrons. The average molecular weight is 240 g/mol. The van der Waals surface area contributed by atoms with Gasteiger partial charge in [0.1, 0.15) is 0 Å². The van der Waals surface area contributed by atoms with Crippen LogP contribution in [0.2, 0.25) is 0 Å². The Labute approximate surface area is 98.9 Å². The highest BCUT2D eigenvalue weighted by Gasteiger charge is 2.00. The summed E-state index contributed by atoms with van der Waals surface area (Å²) < 4.78 is 16.8. The smallest absolute Gasteiger partial charge is 0.191 e. The molecule has 1 unspecified atom stereocenters. The Morgan fingerprint density at radius 3 is 2.56 bits per heavy atom. The van der Waals surface area contributed by atoms with Gasteiger partial charge in [-0.25, -0.2) is 0 Å². The molecule has 1 atom stereocenters. The van der Waals surface area contributed by atoms with Crippen LogP contribution in [0.25, 0.3) is 0 Å². The number of hydrogen-bond acceptors (Lipinski definition) is 2. The van der Waals surface area contributed by atoms with Crippen LogP contribution in [0.4, 0.5) is 0 Å². The Kier molecular flexibility index (Phi) is 6.44. The summed E-state index contributed by atoms with van der Waals surface area (Å²) in [4.78, 5) is 0. The molecule has 1 rings (SSSR count). The summed E-state index contributed by atoms with van der Waals surface area (Å²) in [5, 5.41) is 0. The van der Waals surface area contributed by atoms with Crippen molar-refractivity contribution in [1.82, 2.24) is 0 Å². The standard InChI is InChI=1S/C13H21O2P/c1-3-4-10-15-16(14)11-9-13-7-5-12(2)6-8-13/h5-8,16H,3-4,9-11H2,1-2H3. The van der Waals surface area contributed by atoms with Crippen molar-refractivity contribution in [1.29, 1.82) is 0 Å². The molecule has 0 aliphatic rings. The highest BCUT2D eigenvalue weighted by atomic mass is 31.1. The first kappa shape index (κ1) is 13.5. The quantitative estimate of drug-likeness (QED) is 0.535. The SMILES string of the molecule is CCCCO[PH](=O)CCc1ccc(C)cc1. The van der Waals surface area contributed by atoms with Crippen molar-refractivity contribution in [2.24, 2.45) is 0 Å². The van der Waals surface area contributed by atoms with Gasteiger partial charge in [-0.3, -0.25) is 4.57 Å². The fourth-order valence-corrected chi connectivity index (χ4v) is 2.41. The minimum absolute atomic E-state index is 0.641. The Morgan fingerprint density at radius 2 is 1.94 bits per heavy atom. The summed E-state index contributed by atoms with van der Waals surface area (Å²) in [6.45, 7) is 4.82. The molecule has 0 aromatic heterocycles. The minimum Gasteiger partial charge on any atom is -0.330 e. The third kappa shape index (κ3) is 5.48. The zero-order valence-electron chi connectivity index (χ0n) is 10.2. The molecule has 3 heteroatoms. The third-order valence-electron chi connectivity index (χ3n) is 2.50. The maximum absolute atomic E-state index is 11.5. The van der Waals surface area contributed by atoms with E-state index in [0.29, 0.717) is 12.8 Å². The number of hydrogen-bond donors (Lipinski definition) is 0. The van der Waals surface area contributed by atoms with E-state index in [1.807, 2.05) is 0 Å². The van der Waals surface area contributed by atoms with E-state index >= 15 is 0 Å². The molecule has 0 amide bonds. The van der Waals surface area contributed by atoms with E-state index in [4.69, 9.17) is 4.52 Å². The number of aryl methyl sites for hydroxylation is 2. The number of rotatable bonds is 7. The van der Waals surface area contributed by atoms with Gasteiger partial charge in [-0.1, -0.05) is 43.2 Å². The van der Waals surface area contributed by atoms with E-state index in [0.717, 1.165) is 19.3 Å². The molecule has 0 heterocycles. The van der Waals surface area contributed by atoms with Gasteiger partial charge >= 0.3 is 0 Å². The lowest BCUT2D eigenvalue weighted by Gasteiger charge is -2.04. The maximum Gasteiger partial charge on any atom is 0.191 e. The van der Waals surface area contributed by atoms with Gasteiger partial charge in [0.25, 0.3) is 0 Å². The van der Waals surface area contributed by atoms with Gasteiger partial charge in [-0.15, -0.1) is 0 Å². The van der Waals surface area contributed by atoms with Crippen LogP contribution in [0.5, 0.6) is 0 Å². The summed E-state index contributed by atoms with van der Waals surface area (Å²) in [6, 6.07) is 8.36. The summed E-state index contributed by atoms with van der Waals surface area (Å²) >= 11 is 0. The number of unbranched alkanes of at least 4 members (excludes halogenated alkanes) is 1. The van der Waals surface area contributed by atoms with Crippen LogP contribution in [0.15, 0.2) is 24.3 Å². The summed E-state index contributed by atoms with van der Waals surface area (Å²) in [7, 11) is -1.82. The van der Waals surface area contributed by atoms with Crippen LogP contribution >= 0.6 is 8.03 Å². The lowest BCUT2D eigenvalue weighted by atomic mass is 10.1. The van der Waals surface area contributed by atoms with Crippen molar-refractivity contribution in [2.75, 3.05) is 12.8 Å². The highest BCUT2D eigenvalue weighted by molar-refractivity contribution is 7.39. The lowest BCUT2D eigenvalue weighted by Crippen LogP contribution is -1.92. The zero-order chi connectivity index (χ0) is 11.8. The molecule has 1 aromatic carbocycles. The molecule has 1 aromatic rings. The first-order valence-corrected chi connectivity index (χ1v) is 7.46. The molecule has 0 bridgehead atoms. The monoisotopic (exact) mass is 240 g/mol. The second-order valence-electron chi connectivity index (χ2n) is 4.06. The Hall–Kier alpha value is -0.590. The van der Waals surface area contributed by atoms with E-state index < -0.39 is 8.03 Å². The predicted molar refractivity (Wildman–Crippen MR) is 69.6 cm³/mol. The second kappa shape index (κ2) is 7.65. The summed E-state index contributed by atoms with van der Waals surface area (Å²) in [6.07, 6.45) is 3.61. The largest absolute Gasteiger partial charge is 0.330 e. The molecule has 90 valence electrons. The molecule has 0 aliphatic carbocycles. The van der Waals surface area contributed by atoms with Gasteiger partial charge in [0.05, 0.1) is 6.61 Å². The lowest BCUT2D eigenvalue weighted by molar-refractivity contribution is 0.321. The fourth-order valence-electron chi connectivity index (χ4n) is 1.40. The first-order chi connectivity index (χ1) is 7.72. The highest BCUT2D eigenvalue weighted by Crippen LogP contribution is 2.23. The first-order valence-electron chi connectivity index (χ1n) is 5.93. The fraction of sp³-hybridized carbons (Fsp3) is 0.538. The van der Waals surface area contributed by atoms with E-state index in [-0.39, 0.29) is 0 Å². The van der Waals surface area contributed by atoms with Crippen LogP contribution < -0.4 is 0 Å². The van der Waals surface area contributed by atoms with Crippen LogP contribution in [0, 0.1) is 6.92 Å². The third-order valence-corrected chi connectivity index (χ3v) is 3.68. The normalized spacial score (nSPS) is 12.6. The van der Waals surface area contributed by atoms with Gasteiger partial charge in [0.2, 0.25) is 0 Å². The molecule has 0 fully saturated rings. The molecule has 0 N–H and O–H groups in total.